The van der Waals surface area contributed by atoms with Gasteiger partial charge in [0.15, 0.2) is 5.82 Å². The number of hydrogen-bond acceptors (Lipinski definition) is 9. The first kappa shape index (κ1) is 32.0. The first-order chi connectivity index (χ1) is 22.9. The quantitative estimate of drug-likeness (QED) is 0.237. The van der Waals surface area contributed by atoms with Crippen molar-refractivity contribution in [1.82, 2.24) is 24.8 Å². The van der Waals surface area contributed by atoms with Gasteiger partial charge in [0, 0.05) is 36.8 Å². The van der Waals surface area contributed by atoms with Crippen molar-refractivity contribution >= 4 is 34.0 Å². The molecule has 1 spiro atoms. The van der Waals surface area contributed by atoms with E-state index in [1.54, 1.807) is 0 Å². The van der Waals surface area contributed by atoms with Crippen LogP contribution in [-0.4, -0.2) is 94.5 Å². The molecule has 1 aliphatic carbocycles. The van der Waals surface area contributed by atoms with E-state index in [1.807, 2.05) is 0 Å². The number of aromatic nitrogens is 3. The summed E-state index contributed by atoms with van der Waals surface area (Å²) in [6.45, 7) is 2.90. The molecular weight excluding hydrogens is 657 g/mol. The molecule has 5 aliphatic rings. The molecule has 3 aromatic rings. The lowest BCUT2D eigenvalue weighted by Crippen LogP contribution is -2.60. The van der Waals surface area contributed by atoms with Gasteiger partial charge in [-0.05, 0) is 77.2 Å². The number of hydrogen-bond donors (Lipinski definition) is 1. The van der Waals surface area contributed by atoms with Gasteiger partial charge in [0.05, 0.1) is 21.7 Å². The van der Waals surface area contributed by atoms with Gasteiger partial charge in [0.1, 0.15) is 41.8 Å². The molecule has 3 saturated heterocycles. The fourth-order valence-electron chi connectivity index (χ4n) is 8.60. The molecule has 0 radical (unpaired) electrons. The molecule has 4 aliphatic heterocycles. The molecule has 1 unspecified atom stereocenters. The third-order valence-corrected chi connectivity index (χ3v) is 11.5. The van der Waals surface area contributed by atoms with Crippen LogP contribution in [0.1, 0.15) is 56.9 Å². The van der Waals surface area contributed by atoms with E-state index in [0.717, 1.165) is 70.2 Å². The molecule has 3 atom stereocenters. The van der Waals surface area contributed by atoms with Gasteiger partial charge >= 0.3 is 12.2 Å². The number of alkyl halides is 4. The predicted molar refractivity (Wildman–Crippen MR) is 171 cm³/mol. The van der Waals surface area contributed by atoms with Crippen molar-refractivity contribution in [3.8, 4) is 23.1 Å². The fourth-order valence-corrected chi connectivity index (χ4v) is 8.94. The second-order valence-electron chi connectivity index (χ2n) is 14.2. The molecule has 48 heavy (non-hydrogen) atoms. The van der Waals surface area contributed by atoms with Gasteiger partial charge in [-0.1, -0.05) is 11.6 Å². The van der Waals surface area contributed by atoms with Crippen LogP contribution in [0.5, 0.6) is 11.9 Å². The zero-order chi connectivity index (χ0) is 33.6. The Balaban J connectivity index is 1.32. The molecule has 6 heterocycles. The Morgan fingerprint density at radius 3 is 2.62 bits per heavy atom. The molecule has 0 amide bonds. The number of likely N-dealkylation sites (tertiary alicyclic amines) is 1. The van der Waals surface area contributed by atoms with Crippen LogP contribution in [0.25, 0.3) is 22.2 Å². The van der Waals surface area contributed by atoms with Crippen LogP contribution < -0.4 is 20.1 Å². The number of pyridine rings is 1. The van der Waals surface area contributed by atoms with Gasteiger partial charge in [-0.15, -0.1) is 0 Å². The molecule has 9 nitrogen and oxygen atoms in total. The summed E-state index contributed by atoms with van der Waals surface area (Å²) in [6.07, 6.45) is 0.570. The third-order valence-electron chi connectivity index (χ3n) is 11.2. The van der Waals surface area contributed by atoms with Crippen molar-refractivity contribution in [2.45, 2.75) is 80.8 Å². The number of halogens is 6. The van der Waals surface area contributed by atoms with E-state index < -0.39 is 51.1 Å². The van der Waals surface area contributed by atoms with Gasteiger partial charge in [0.2, 0.25) is 5.88 Å². The lowest BCUT2D eigenvalue weighted by Gasteiger charge is -2.50. The Labute approximate surface area is 279 Å². The van der Waals surface area contributed by atoms with Gasteiger partial charge in [-0.2, -0.15) is 23.1 Å². The first-order valence-electron chi connectivity index (χ1n) is 16.6. The second kappa shape index (κ2) is 11.4. The molecule has 0 bridgehead atoms. The Morgan fingerprint density at radius 1 is 1.10 bits per heavy atom. The highest BCUT2D eigenvalue weighted by atomic mass is 35.5. The average Bonchev–Trinajstić information content (AvgIpc) is 3.64. The number of ether oxygens (including phenoxy) is 2. The van der Waals surface area contributed by atoms with Crippen LogP contribution in [0.3, 0.4) is 0 Å². The zero-order valence-corrected chi connectivity index (χ0v) is 27.3. The minimum Gasteiger partial charge on any atom is -0.475 e. The van der Waals surface area contributed by atoms with Crippen molar-refractivity contribution in [3.05, 3.63) is 28.5 Å². The summed E-state index contributed by atoms with van der Waals surface area (Å²) >= 11 is 6.07. The Kier molecular flexibility index (Phi) is 7.61. The highest BCUT2D eigenvalue weighted by molar-refractivity contribution is 6.32. The summed E-state index contributed by atoms with van der Waals surface area (Å²) in [4.78, 5) is 20.3. The van der Waals surface area contributed by atoms with Crippen LogP contribution in [-0.2, 0) is 6.18 Å². The first-order valence-corrected chi connectivity index (χ1v) is 17.0. The van der Waals surface area contributed by atoms with Crippen molar-refractivity contribution in [2.24, 2.45) is 0 Å². The summed E-state index contributed by atoms with van der Waals surface area (Å²) in [5, 5.41) is -0.511. The molecule has 2 N–H and O–H groups in total. The van der Waals surface area contributed by atoms with Gasteiger partial charge in [-0.25, -0.2) is 13.8 Å². The number of nitrogens with zero attached hydrogens (tertiary/aromatic N) is 6. The van der Waals surface area contributed by atoms with Crippen molar-refractivity contribution in [2.75, 3.05) is 57.1 Å². The zero-order valence-electron chi connectivity index (χ0n) is 26.6. The highest BCUT2D eigenvalue weighted by Crippen LogP contribution is 2.50. The van der Waals surface area contributed by atoms with Crippen LogP contribution in [0.2, 0.25) is 5.02 Å². The molecule has 2 aromatic heterocycles. The van der Waals surface area contributed by atoms with Crippen LogP contribution in [0.4, 0.5) is 33.5 Å². The smallest absolute Gasteiger partial charge is 0.418 e. The normalized spacial score (nSPS) is 26.9. The van der Waals surface area contributed by atoms with Crippen LogP contribution >= 0.6 is 11.6 Å². The summed E-state index contributed by atoms with van der Waals surface area (Å²) in [5.41, 5.74) is 2.02. The van der Waals surface area contributed by atoms with E-state index >= 15 is 4.39 Å². The van der Waals surface area contributed by atoms with Crippen LogP contribution in [0.15, 0.2) is 12.1 Å². The van der Waals surface area contributed by atoms with E-state index in [0.29, 0.717) is 25.3 Å². The molecule has 258 valence electrons. The molecule has 8 rings (SSSR count). The fraction of sp³-hybridized carbons (Fsp3) is 0.606. The standard InChI is InChI=1S/C33H37ClF5N7O2/c1-44-9-2-5-20(44)15-46-28-23-27(42-30(43-28)48-17-32-8-4-10-45(32)14-18(35)13-32)25(36)26(41-29(23)47-16-31(46)6-3-7-31)21-11-19(40)12-22(34)24(21)33(37,38)39/h11-12,18,20H,2-10,13-17,40H2,1H3/t18-,20?,32+/m1/s1. The number of fused-ring (bicyclic) bond motifs is 1. The number of nitrogens with two attached hydrogens (primary N) is 1. The van der Waals surface area contributed by atoms with E-state index in [4.69, 9.17) is 31.8 Å². The number of rotatable bonds is 6. The minimum absolute atomic E-state index is 0.0696. The number of anilines is 2. The Morgan fingerprint density at radius 2 is 1.92 bits per heavy atom. The van der Waals surface area contributed by atoms with Gasteiger partial charge < -0.3 is 25.0 Å². The number of nitrogen functional groups attached to an aromatic ring is 1. The van der Waals surface area contributed by atoms with Crippen molar-refractivity contribution in [3.63, 3.8) is 0 Å². The van der Waals surface area contributed by atoms with E-state index in [2.05, 4.69) is 31.7 Å². The van der Waals surface area contributed by atoms with Gasteiger partial charge in [0.25, 0.3) is 0 Å². The topological polar surface area (TPSA) is 92.9 Å². The van der Waals surface area contributed by atoms with Crippen molar-refractivity contribution < 1.29 is 31.4 Å². The van der Waals surface area contributed by atoms with Crippen molar-refractivity contribution in [1.29, 1.82) is 0 Å². The maximum atomic E-state index is 16.9. The van der Waals surface area contributed by atoms with E-state index in [1.165, 1.54) is 0 Å². The van der Waals surface area contributed by atoms with E-state index in [9.17, 15) is 17.6 Å². The lowest BCUT2D eigenvalue weighted by molar-refractivity contribution is -0.137. The molecule has 1 aromatic carbocycles. The monoisotopic (exact) mass is 693 g/mol. The highest BCUT2D eigenvalue weighted by Gasteiger charge is 2.51. The molecule has 4 fully saturated rings. The summed E-state index contributed by atoms with van der Waals surface area (Å²) < 4.78 is 87.2. The Hall–Kier alpha value is -3.23. The molecule has 15 heteroatoms. The maximum Gasteiger partial charge on any atom is 0.418 e. The number of benzene rings is 1. The Bertz CT molecular complexity index is 1770. The summed E-state index contributed by atoms with van der Waals surface area (Å²) in [6, 6.07) is 2.04. The summed E-state index contributed by atoms with van der Waals surface area (Å²) in [7, 11) is 2.08. The summed E-state index contributed by atoms with van der Waals surface area (Å²) in [5.74, 6) is -0.802. The minimum atomic E-state index is -4.94. The lowest BCUT2D eigenvalue weighted by atomic mass is 9.75. The largest absolute Gasteiger partial charge is 0.475 e. The maximum absolute atomic E-state index is 16.9. The molecular formula is C33H37ClF5N7O2. The number of likely N-dealkylation sites (N-methyl/N-ethyl adjacent to an activating group) is 1. The van der Waals surface area contributed by atoms with Gasteiger partial charge in [-0.3, -0.25) is 4.90 Å². The predicted octanol–water partition coefficient (Wildman–Crippen LogP) is 6.26. The van der Waals surface area contributed by atoms with Crippen LogP contribution in [0, 0.1) is 5.82 Å². The SMILES string of the molecule is CN1CCCC1CN1c2nc(OC[C@@]34CCCN3C[C@H](F)C4)nc3c(F)c(-c4cc(N)cc(Cl)c4C(F)(F)F)nc(c23)OCC12CCC2. The second-order valence-corrected chi connectivity index (χ2v) is 14.6. The molecule has 1 saturated carbocycles. The van der Waals surface area contributed by atoms with E-state index in [-0.39, 0.29) is 47.7 Å². The third kappa shape index (κ3) is 5.12. The average molecular weight is 694 g/mol.